The average molecular weight is 460 g/mol. The third-order valence-electron chi connectivity index (χ3n) is 4.52. The van der Waals surface area contributed by atoms with E-state index in [1.165, 1.54) is 25.1 Å². The van der Waals surface area contributed by atoms with E-state index < -0.39 is 33.8 Å². The van der Waals surface area contributed by atoms with Gasteiger partial charge in [-0.05, 0) is 32.0 Å². The zero-order chi connectivity index (χ0) is 22.9. The number of carbonyl (C=O) groups is 2. The van der Waals surface area contributed by atoms with E-state index in [-0.39, 0.29) is 24.0 Å². The highest BCUT2D eigenvalue weighted by Gasteiger charge is 2.19. The Kier molecular flexibility index (Phi) is 9.45. The van der Waals surface area contributed by atoms with Crippen LogP contribution in [0.15, 0.2) is 18.2 Å². The number of nitrogens with one attached hydrogen (secondary N) is 5. The molecule has 13 heteroatoms. The Bertz CT molecular complexity index is 859. The lowest BCUT2D eigenvalue weighted by Crippen LogP contribution is -2.52. The lowest BCUT2D eigenvalue weighted by atomic mass is 10.2. The predicted octanol–water partition coefficient (Wildman–Crippen LogP) is -0.976. The van der Waals surface area contributed by atoms with Crippen molar-refractivity contribution in [3.8, 4) is 5.75 Å². The number of aromatic carboxylic acids is 1. The minimum absolute atomic E-state index is 0.113. The van der Waals surface area contributed by atoms with Crippen molar-refractivity contribution in [1.82, 2.24) is 21.3 Å². The van der Waals surface area contributed by atoms with Crippen molar-refractivity contribution >= 4 is 27.6 Å². The van der Waals surface area contributed by atoms with Crippen molar-refractivity contribution in [3.63, 3.8) is 0 Å². The van der Waals surface area contributed by atoms with Crippen molar-refractivity contribution in [2.75, 3.05) is 43.4 Å². The monoisotopic (exact) mass is 459 g/mol. The van der Waals surface area contributed by atoms with Gasteiger partial charge in [0.1, 0.15) is 18.4 Å². The molecule has 7 N–H and O–H groups in total. The molecule has 1 aliphatic rings. The molecule has 174 valence electrons. The number of hydrogen-bond acceptors (Lipinski definition) is 9. The lowest BCUT2D eigenvalue weighted by molar-refractivity contribution is -0.138. The summed E-state index contributed by atoms with van der Waals surface area (Å²) in [4.78, 5) is 22.2. The first-order valence-corrected chi connectivity index (χ1v) is 11.5. The Morgan fingerprint density at radius 3 is 2.71 bits per heavy atom. The van der Waals surface area contributed by atoms with Crippen LogP contribution in [0.4, 0.5) is 5.69 Å². The summed E-state index contributed by atoms with van der Waals surface area (Å²) in [5.74, 6) is -2.50. The minimum Gasteiger partial charge on any atom is -0.492 e. The zero-order valence-corrected chi connectivity index (χ0v) is 18.0. The molecule has 2 unspecified atom stereocenters. The van der Waals surface area contributed by atoms with Crippen molar-refractivity contribution in [3.05, 3.63) is 23.8 Å². The highest BCUT2D eigenvalue weighted by atomic mass is 32.2. The predicted molar refractivity (Wildman–Crippen MR) is 114 cm³/mol. The van der Waals surface area contributed by atoms with Crippen molar-refractivity contribution < 1.29 is 33.0 Å². The Hall–Kier alpha value is -2.45. The number of hydrogen-bond donors (Lipinski definition) is 7. The van der Waals surface area contributed by atoms with Gasteiger partial charge in [0.2, 0.25) is 10.0 Å². The average Bonchev–Trinajstić information content (AvgIpc) is 2.71. The van der Waals surface area contributed by atoms with Crippen LogP contribution in [0.2, 0.25) is 0 Å². The molecule has 0 bridgehead atoms. The van der Waals surface area contributed by atoms with Crippen LogP contribution in [-0.2, 0) is 14.8 Å². The highest BCUT2D eigenvalue weighted by Crippen LogP contribution is 2.24. The number of anilines is 1. The van der Waals surface area contributed by atoms with Gasteiger partial charge in [-0.3, -0.25) is 20.2 Å². The largest absolute Gasteiger partial charge is 0.492 e. The molecule has 0 spiro atoms. The van der Waals surface area contributed by atoms with Crippen LogP contribution in [0.25, 0.3) is 0 Å². The van der Waals surface area contributed by atoms with Gasteiger partial charge in [0.15, 0.2) is 0 Å². The topological polar surface area (TPSA) is 178 Å². The van der Waals surface area contributed by atoms with Crippen LogP contribution in [-0.4, -0.2) is 81.4 Å². The summed E-state index contributed by atoms with van der Waals surface area (Å²) in [6.45, 7) is 3.77. The van der Waals surface area contributed by atoms with E-state index in [1.54, 1.807) is 0 Å². The normalized spacial score (nSPS) is 17.6. The molecule has 0 amide bonds. The molecule has 2 rings (SSSR count). The van der Waals surface area contributed by atoms with E-state index in [1.807, 2.05) is 0 Å². The molecular formula is C18H29N5O7S. The summed E-state index contributed by atoms with van der Waals surface area (Å²) in [5.41, 5.74) is -0.343. The maximum atomic E-state index is 12.3. The van der Waals surface area contributed by atoms with E-state index in [0.29, 0.717) is 18.9 Å². The summed E-state index contributed by atoms with van der Waals surface area (Å²) in [6.07, 6.45) is 1.11. The maximum Gasteiger partial charge on any atom is 0.337 e. The van der Waals surface area contributed by atoms with Gasteiger partial charge < -0.3 is 25.6 Å². The smallest absolute Gasteiger partial charge is 0.337 e. The Morgan fingerprint density at radius 1 is 1.29 bits per heavy atom. The van der Waals surface area contributed by atoms with Crippen LogP contribution in [0.5, 0.6) is 5.75 Å². The molecule has 1 heterocycles. The number of rotatable bonds is 13. The molecular weight excluding hydrogens is 430 g/mol. The minimum atomic E-state index is -3.92. The summed E-state index contributed by atoms with van der Waals surface area (Å²) in [7, 11) is -3.92. The van der Waals surface area contributed by atoms with Gasteiger partial charge in [-0.2, -0.15) is 0 Å². The first kappa shape index (κ1) is 24.8. The number of benzene rings is 1. The van der Waals surface area contributed by atoms with Crippen LogP contribution in [0, 0.1) is 0 Å². The molecule has 0 radical (unpaired) electrons. The molecule has 0 aliphatic carbocycles. The molecule has 1 fully saturated rings. The number of carboxylic acids is 2. The molecule has 1 aromatic carbocycles. The zero-order valence-electron chi connectivity index (χ0n) is 17.2. The van der Waals surface area contributed by atoms with Crippen LogP contribution in [0.1, 0.15) is 23.7 Å². The Morgan fingerprint density at radius 2 is 2.06 bits per heavy atom. The second-order valence-electron chi connectivity index (χ2n) is 6.97. The van der Waals surface area contributed by atoms with E-state index in [0.717, 1.165) is 19.6 Å². The number of ether oxygens (including phenoxy) is 1. The Balaban J connectivity index is 1.93. The summed E-state index contributed by atoms with van der Waals surface area (Å²) < 4.78 is 32.5. The van der Waals surface area contributed by atoms with Gasteiger partial charge in [-0.1, -0.05) is 0 Å². The lowest BCUT2D eigenvalue weighted by Gasteiger charge is -2.25. The quantitative estimate of drug-likeness (QED) is 0.180. The summed E-state index contributed by atoms with van der Waals surface area (Å²) in [6, 6.07) is 3.13. The van der Waals surface area contributed by atoms with Gasteiger partial charge >= 0.3 is 11.9 Å². The van der Waals surface area contributed by atoms with E-state index >= 15 is 0 Å². The molecule has 12 nitrogen and oxygen atoms in total. The molecule has 31 heavy (non-hydrogen) atoms. The second kappa shape index (κ2) is 11.8. The number of carboxylic acid groups (broad SMARTS) is 2. The molecule has 1 aromatic rings. The first-order valence-electron chi connectivity index (χ1n) is 9.82. The van der Waals surface area contributed by atoms with Crippen molar-refractivity contribution in [2.24, 2.45) is 0 Å². The van der Waals surface area contributed by atoms with Crippen molar-refractivity contribution in [2.45, 2.75) is 25.6 Å². The third kappa shape index (κ3) is 8.67. The van der Waals surface area contributed by atoms with E-state index in [4.69, 9.17) is 9.84 Å². The Labute approximate surface area is 180 Å². The summed E-state index contributed by atoms with van der Waals surface area (Å²) >= 11 is 0. The van der Waals surface area contributed by atoms with Gasteiger partial charge in [-0.15, -0.1) is 0 Å². The first-order chi connectivity index (χ1) is 14.7. The van der Waals surface area contributed by atoms with E-state index in [9.17, 15) is 23.1 Å². The van der Waals surface area contributed by atoms with Gasteiger partial charge in [0, 0.05) is 25.8 Å². The van der Waals surface area contributed by atoms with Gasteiger partial charge in [0.25, 0.3) is 0 Å². The third-order valence-corrected chi connectivity index (χ3v) is 5.80. The van der Waals surface area contributed by atoms with Gasteiger partial charge in [-0.25, -0.2) is 13.2 Å². The molecule has 1 aliphatic heterocycles. The van der Waals surface area contributed by atoms with Gasteiger partial charge in [0.05, 0.1) is 23.2 Å². The molecule has 0 aromatic heterocycles. The van der Waals surface area contributed by atoms with Crippen LogP contribution < -0.4 is 30.7 Å². The highest BCUT2D eigenvalue weighted by molar-refractivity contribution is 7.92. The van der Waals surface area contributed by atoms with E-state index in [2.05, 4.69) is 26.0 Å². The maximum absolute atomic E-state index is 12.3. The fourth-order valence-corrected chi connectivity index (χ4v) is 3.80. The molecule has 2 atom stereocenters. The molecule has 0 saturated carbocycles. The SMILES string of the molecule is CC(NCCS(=O)(=O)Nc1cc(OCCNC2CCNCN2)ccc1C(=O)O)C(=O)O. The summed E-state index contributed by atoms with van der Waals surface area (Å²) in [5, 5.41) is 30.4. The van der Waals surface area contributed by atoms with Crippen LogP contribution in [0.3, 0.4) is 0 Å². The standard InChI is InChI=1S/C18H29N5O7S/c1-12(17(24)25)20-7-9-31(28,29)23-15-10-13(2-3-14(15)18(26)27)30-8-6-21-16-4-5-19-11-22-16/h2-3,10,12,16,19-23H,4-9,11H2,1H3,(H,24,25)(H,26,27). The fraction of sp³-hybridized carbons (Fsp3) is 0.556. The number of sulfonamides is 1. The second-order valence-corrected chi connectivity index (χ2v) is 8.81. The van der Waals surface area contributed by atoms with Crippen molar-refractivity contribution in [1.29, 1.82) is 0 Å². The number of aliphatic carboxylic acids is 1. The van der Waals surface area contributed by atoms with Crippen LogP contribution >= 0.6 is 0 Å². The molecule has 1 saturated heterocycles. The fourth-order valence-electron chi connectivity index (χ4n) is 2.81.